The fourth-order valence-electron chi connectivity index (χ4n) is 4.16. The average Bonchev–Trinajstić information content (AvgIpc) is 2.95. The molecule has 3 rings (SSSR count). The standard InChI is InChI=1S/C31H38BrN3O5S/c1-6-23(4)33-31(37)24(5)34(20-25-11-9-8-10-22(25)3)30(36)21-35(27-14-16-28(17-15-27)40-7-2)41(38,39)29-18-12-26(32)13-19-29/h8-19,23-24H,6-7,20-21H2,1-5H3,(H,33,37)/t23-,24+/m0/s1. The monoisotopic (exact) mass is 643 g/mol. The molecule has 0 unspecified atom stereocenters. The maximum absolute atomic E-state index is 14.1. The van der Waals surface area contributed by atoms with E-state index in [1.807, 2.05) is 52.0 Å². The molecule has 0 spiro atoms. The highest BCUT2D eigenvalue weighted by Crippen LogP contribution is 2.27. The topological polar surface area (TPSA) is 96.0 Å². The fourth-order valence-corrected chi connectivity index (χ4v) is 5.84. The van der Waals surface area contributed by atoms with Gasteiger partial charge >= 0.3 is 0 Å². The lowest BCUT2D eigenvalue weighted by Crippen LogP contribution is -2.52. The lowest BCUT2D eigenvalue weighted by Gasteiger charge is -2.32. The van der Waals surface area contributed by atoms with E-state index in [0.717, 1.165) is 26.3 Å². The summed E-state index contributed by atoms with van der Waals surface area (Å²) < 4.78 is 35.2. The number of anilines is 1. The molecule has 0 aliphatic rings. The summed E-state index contributed by atoms with van der Waals surface area (Å²) in [6, 6.07) is 19.5. The Hall–Kier alpha value is -3.37. The maximum atomic E-state index is 14.1. The zero-order chi connectivity index (χ0) is 30.2. The van der Waals surface area contributed by atoms with Gasteiger partial charge in [-0.25, -0.2) is 8.42 Å². The number of ether oxygens (including phenoxy) is 1. The molecule has 0 aliphatic heterocycles. The number of aryl methyl sites for hydroxylation is 1. The van der Waals surface area contributed by atoms with E-state index in [1.165, 1.54) is 17.0 Å². The van der Waals surface area contributed by atoms with E-state index in [9.17, 15) is 18.0 Å². The summed E-state index contributed by atoms with van der Waals surface area (Å²) in [4.78, 5) is 28.7. The number of carbonyl (C=O) groups is 2. The van der Waals surface area contributed by atoms with Crippen LogP contribution in [0.15, 0.2) is 82.2 Å². The Labute approximate surface area is 251 Å². The Balaban J connectivity index is 2.04. The highest BCUT2D eigenvalue weighted by Gasteiger charge is 2.33. The van der Waals surface area contributed by atoms with E-state index in [0.29, 0.717) is 18.0 Å². The molecule has 0 radical (unpaired) electrons. The van der Waals surface area contributed by atoms with Crippen molar-refractivity contribution < 1.29 is 22.7 Å². The summed E-state index contributed by atoms with van der Waals surface area (Å²) >= 11 is 3.34. The molecule has 0 aromatic heterocycles. The molecular formula is C31H38BrN3O5S. The second-order valence-corrected chi connectivity index (χ2v) is 12.6. The third-order valence-corrected chi connectivity index (χ3v) is 9.20. The van der Waals surface area contributed by atoms with Crippen LogP contribution in [-0.4, -0.2) is 50.4 Å². The van der Waals surface area contributed by atoms with Gasteiger partial charge in [0.05, 0.1) is 17.2 Å². The van der Waals surface area contributed by atoms with E-state index in [1.54, 1.807) is 43.3 Å². The zero-order valence-corrected chi connectivity index (χ0v) is 26.5. The second-order valence-electron chi connectivity index (χ2n) is 9.83. The first-order valence-electron chi connectivity index (χ1n) is 13.6. The molecule has 220 valence electrons. The van der Waals surface area contributed by atoms with Gasteiger partial charge in [-0.15, -0.1) is 0 Å². The summed E-state index contributed by atoms with van der Waals surface area (Å²) in [7, 11) is -4.15. The van der Waals surface area contributed by atoms with Crippen molar-refractivity contribution in [1.29, 1.82) is 0 Å². The van der Waals surface area contributed by atoms with Crippen LogP contribution in [0.3, 0.4) is 0 Å². The Morgan fingerprint density at radius 1 is 0.951 bits per heavy atom. The van der Waals surface area contributed by atoms with Gasteiger partial charge in [-0.1, -0.05) is 47.1 Å². The molecule has 41 heavy (non-hydrogen) atoms. The molecule has 2 atom stereocenters. The molecule has 8 nitrogen and oxygen atoms in total. The summed E-state index contributed by atoms with van der Waals surface area (Å²) in [6.07, 6.45) is 0.737. The summed E-state index contributed by atoms with van der Waals surface area (Å²) in [5, 5.41) is 2.95. The molecule has 0 heterocycles. The van der Waals surface area contributed by atoms with Gasteiger partial charge < -0.3 is 15.0 Å². The second kappa shape index (κ2) is 14.5. The maximum Gasteiger partial charge on any atom is 0.264 e. The molecule has 1 N–H and O–H groups in total. The Bertz CT molecular complexity index is 1430. The molecule has 3 aromatic carbocycles. The minimum Gasteiger partial charge on any atom is -0.494 e. The molecule has 0 saturated heterocycles. The number of halogens is 1. The van der Waals surface area contributed by atoms with E-state index in [2.05, 4.69) is 21.2 Å². The molecule has 0 bridgehead atoms. The van der Waals surface area contributed by atoms with Crippen LogP contribution in [-0.2, 0) is 26.2 Å². The number of sulfonamides is 1. The quantitative estimate of drug-likeness (QED) is 0.258. The number of benzene rings is 3. The first-order valence-corrected chi connectivity index (χ1v) is 15.9. The SMILES string of the molecule is CCOc1ccc(N(CC(=O)N(Cc2ccccc2C)[C@H](C)C(=O)N[C@@H](C)CC)S(=O)(=O)c2ccc(Br)cc2)cc1. The van der Waals surface area contributed by atoms with Crippen molar-refractivity contribution in [3.63, 3.8) is 0 Å². The predicted octanol–water partition coefficient (Wildman–Crippen LogP) is 5.68. The number of nitrogens with zero attached hydrogens (tertiary/aromatic N) is 2. The van der Waals surface area contributed by atoms with Crippen LogP contribution in [0.25, 0.3) is 0 Å². The van der Waals surface area contributed by atoms with Crippen molar-refractivity contribution >= 4 is 43.5 Å². The third-order valence-electron chi connectivity index (χ3n) is 6.89. The highest BCUT2D eigenvalue weighted by atomic mass is 79.9. The summed E-state index contributed by atoms with van der Waals surface area (Å²) in [6.45, 7) is 9.44. The smallest absolute Gasteiger partial charge is 0.264 e. The number of carbonyl (C=O) groups excluding carboxylic acids is 2. The molecular weight excluding hydrogens is 606 g/mol. The molecule has 10 heteroatoms. The first kappa shape index (κ1) is 32.1. The van der Waals surface area contributed by atoms with E-state index in [4.69, 9.17) is 4.74 Å². The zero-order valence-electron chi connectivity index (χ0n) is 24.1. The van der Waals surface area contributed by atoms with Crippen LogP contribution in [0.4, 0.5) is 5.69 Å². The number of hydrogen-bond acceptors (Lipinski definition) is 5. The molecule has 0 saturated carbocycles. The van der Waals surface area contributed by atoms with Crippen molar-refractivity contribution in [2.45, 2.75) is 64.6 Å². The fraction of sp³-hybridized carbons (Fsp3) is 0.355. The van der Waals surface area contributed by atoms with Gasteiger partial charge in [0.2, 0.25) is 11.8 Å². The van der Waals surface area contributed by atoms with Crippen LogP contribution >= 0.6 is 15.9 Å². The van der Waals surface area contributed by atoms with Crippen LogP contribution in [0.2, 0.25) is 0 Å². The first-order chi connectivity index (χ1) is 19.5. The minimum absolute atomic E-state index is 0.0374. The predicted molar refractivity (Wildman–Crippen MR) is 165 cm³/mol. The summed E-state index contributed by atoms with van der Waals surface area (Å²) in [5.41, 5.74) is 2.13. The summed E-state index contributed by atoms with van der Waals surface area (Å²) in [5.74, 6) is -0.223. The van der Waals surface area contributed by atoms with Gasteiger partial charge in [0, 0.05) is 17.1 Å². The number of amides is 2. The van der Waals surface area contributed by atoms with Crippen LogP contribution in [0.5, 0.6) is 5.75 Å². The normalized spacial score (nSPS) is 12.7. The van der Waals surface area contributed by atoms with Gasteiger partial charge in [-0.05, 0) is 93.8 Å². The highest BCUT2D eigenvalue weighted by molar-refractivity contribution is 9.10. The molecule has 2 amide bonds. The lowest BCUT2D eigenvalue weighted by molar-refractivity contribution is -0.139. The van der Waals surface area contributed by atoms with Crippen molar-refractivity contribution in [3.8, 4) is 5.75 Å². The van der Waals surface area contributed by atoms with E-state index < -0.39 is 28.5 Å². The average molecular weight is 645 g/mol. The Kier molecular flexibility index (Phi) is 11.4. The molecule has 0 aliphatic carbocycles. The van der Waals surface area contributed by atoms with Crippen molar-refractivity contribution in [2.24, 2.45) is 0 Å². The van der Waals surface area contributed by atoms with Crippen molar-refractivity contribution in [1.82, 2.24) is 10.2 Å². The van der Waals surface area contributed by atoms with E-state index >= 15 is 0 Å². The molecule has 3 aromatic rings. The lowest BCUT2D eigenvalue weighted by atomic mass is 10.1. The van der Waals surface area contributed by atoms with Crippen LogP contribution < -0.4 is 14.4 Å². The van der Waals surface area contributed by atoms with Gasteiger partial charge in [-0.2, -0.15) is 0 Å². The Morgan fingerprint density at radius 2 is 1.59 bits per heavy atom. The number of nitrogens with one attached hydrogen (secondary N) is 1. The van der Waals surface area contributed by atoms with Gasteiger partial charge in [0.15, 0.2) is 0 Å². The van der Waals surface area contributed by atoms with Crippen molar-refractivity contribution in [3.05, 3.63) is 88.4 Å². The van der Waals surface area contributed by atoms with Crippen LogP contribution in [0, 0.1) is 6.92 Å². The van der Waals surface area contributed by atoms with Gasteiger partial charge in [-0.3, -0.25) is 13.9 Å². The number of hydrogen-bond donors (Lipinski definition) is 1. The van der Waals surface area contributed by atoms with Crippen molar-refractivity contribution in [2.75, 3.05) is 17.5 Å². The third kappa shape index (κ3) is 8.33. The van der Waals surface area contributed by atoms with Gasteiger partial charge in [0.25, 0.3) is 10.0 Å². The minimum atomic E-state index is -4.15. The molecule has 0 fully saturated rings. The largest absolute Gasteiger partial charge is 0.494 e. The van der Waals surface area contributed by atoms with Crippen LogP contribution in [0.1, 0.15) is 45.2 Å². The Morgan fingerprint density at radius 3 is 2.17 bits per heavy atom. The van der Waals surface area contributed by atoms with Gasteiger partial charge in [0.1, 0.15) is 18.3 Å². The number of rotatable bonds is 13. The van der Waals surface area contributed by atoms with E-state index in [-0.39, 0.29) is 23.4 Å².